The Bertz CT molecular complexity index is 638. The lowest BCUT2D eigenvalue weighted by molar-refractivity contribution is -0.116. The molecule has 5 nitrogen and oxygen atoms in total. The maximum Gasteiger partial charge on any atom is 0.227 e. The fourth-order valence-electron chi connectivity index (χ4n) is 2.56. The van der Waals surface area contributed by atoms with Crippen LogP contribution in [-0.4, -0.2) is 28.3 Å². The van der Waals surface area contributed by atoms with Gasteiger partial charge < -0.3 is 10.6 Å². The minimum Gasteiger partial charge on any atom is -0.313 e. The molecule has 7 heteroatoms. The van der Waals surface area contributed by atoms with Crippen molar-refractivity contribution in [1.82, 2.24) is 15.1 Å². The summed E-state index contributed by atoms with van der Waals surface area (Å²) >= 11 is 6.00. The molecule has 1 aliphatic heterocycles. The monoisotopic (exact) mass is 340 g/mol. The van der Waals surface area contributed by atoms with Crippen LogP contribution >= 0.6 is 24.0 Å². The van der Waals surface area contributed by atoms with Crippen LogP contribution in [0, 0.1) is 0 Å². The summed E-state index contributed by atoms with van der Waals surface area (Å²) in [5, 5.41) is 11.1. The summed E-state index contributed by atoms with van der Waals surface area (Å²) in [4.78, 5) is 12.1. The second-order valence-electron chi connectivity index (χ2n) is 5.15. The van der Waals surface area contributed by atoms with Crippen molar-refractivity contribution < 1.29 is 4.79 Å². The first-order chi connectivity index (χ1) is 10.2. The molecule has 1 aromatic carbocycles. The molecule has 0 spiro atoms. The van der Waals surface area contributed by atoms with Gasteiger partial charge in [0.15, 0.2) is 0 Å². The van der Waals surface area contributed by atoms with Crippen molar-refractivity contribution >= 4 is 35.7 Å². The molecule has 0 bridgehead atoms. The molecule has 1 amide bonds. The molecule has 1 atom stereocenters. The van der Waals surface area contributed by atoms with Gasteiger partial charge in [0.1, 0.15) is 5.82 Å². The molecular weight excluding hydrogens is 323 g/mol. The average Bonchev–Trinajstić information content (AvgIpc) is 3.10. The predicted molar refractivity (Wildman–Crippen MR) is 90.1 cm³/mol. The van der Waals surface area contributed by atoms with Crippen LogP contribution in [0.5, 0.6) is 0 Å². The number of rotatable bonds is 4. The van der Waals surface area contributed by atoms with Crippen LogP contribution in [0.1, 0.15) is 19.3 Å². The Morgan fingerprint density at radius 3 is 3.05 bits per heavy atom. The molecule has 1 aliphatic rings. The second kappa shape index (κ2) is 7.63. The van der Waals surface area contributed by atoms with Crippen LogP contribution in [0.4, 0.5) is 5.82 Å². The Morgan fingerprint density at radius 2 is 2.32 bits per heavy atom. The number of benzene rings is 1. The van der Waals surface area contributed by atoms with Gasteiger partial charge in [-0.15, -0.1) is 12.4 Å². The van der Waals surface area contributed by atoms with E-state index in [-0.39, 0.29) is 24.4 Å². The Kier molecular flexibility index (Phi) is 5.83. The highest BCUT2D eigenvalue weighted by Crippen LogP contribution is 2.19. The van der Waals surface area contributed by atoms with Crippen molar-refractivity contribution in [3.8, 4) is 5.69 Å². The van der Waals surface area contributed by atoms with Crippen LogP contribution in [0.2, 0.25) is 5.02 Å². The summed E-state index contributed by atoms with van der Waals surface area (Å²) in [6.45, 7) is 0.998. The number of nitrogens with zero attached hydrogens (tertiary/aromatic N) is 2. The molecule has 1 aromatic heterocycles. The molecule has 0 aliphatic carbocycles. The minimum absolute atomic E-state index is 0. The predicted octanol–water partition coefficient (Wildman–Crippen LogP) is 3.03. The highest BCUT2D eigenvalue weighted by atomic mass is 35.5. The van der Waals surface area contributed by atoms with Crippen molar-refractivity contribution in [3.05, 3.63) is 41.6 Å². The molecular formula is C15H18Cl2N4O. The lowest BCUT2D eigenvalue weighted by Gasteiger charge is -2.12. The molecule has 1 saturated heterocycles. The SMILES string of the molecule is Cl.O=C(CC1CCCN1)Nc1ccnn1-c1cccc(Cl)c1. The molecule has 0 radical (unpaired) electrons. The summed E-state index contributed by atoms with van der Waals surface area (Å²) in [5.41, 5.74) is 0.821. The van der Waals surface area contributed by atoms with E-state index in [1.807, 2.05) is 18.2 Å². The fraction of sp³-hybridized carbons (Fsp3) is 0.333. The standard InChI is InChI=1S/C15H17ClN4O.ClH/c16-11-3-1-5-13(9-11)20-14(6-8-18-20)19-15(21)10-12-4-2-7-17-12;/h1,3,5-6,8-9,12,17H,2,4,7,10H2,(H,19,21);1H. The number of amides is 1. The summed E-state index contributed by atoms with van der Waals surface area (Å²) in [5.74, 6) is 0.651. The number of hydrogen-bond donors (Lipinski definition) is 2. The summed E-state index contributed by atoms with van der Waals surface area (Å²) in [6.07, 6.45) is 4.34. The molecule has 1 unspecified atom stereocenters. The Balaban J connectivity index is 0.00000176. The van der Waals surface area contributed by atoms with Gasteiger partial charge in [0.2, 0.25) is 5.91 Å². The smallest absolute Gasteiger partial charge is 0.227 e. The number of carbonyl (C=O) groups is 1. The molecule has 0 saturated carbocycles. The van der Waals surface area contributed by atoms with E-state index in [1.54, 1.807) is 23.0 Å². The summed E-state index contributed by atoms with van der Waals surface area (Å²) < 4.78 is 1.67. The van der Waals surface area contributed by atoms with Crippen molar-refractivity contribution in [1.29, 1.82) is 0 Å². The molecule has 2 aromatic rings. The van der Waals surface area contributed by atoms with E-state index in [1.165, 1.54) is 0 Å². The average molecular weight is 341 g/mol. The van der Waals surface area contributed by atoms with Crippen LogP contribution < -0.4 is 10.6 Å². The van der Waals surface area contributed by atoms with Gasteiger partial charge in [-0.3, -0.25) is 4.79 Å². The first-order valence-electron chi connectivity index (χ1n) is 7.05. The third-order valence-electron chi connectivity index (χ3n) is 3.56. The van der Waals surface area contributed by atoms with E-state index < -0.39 is 0 Å². The van der Waals surface area contributed by atoms with E-state index in [9.17, 15) is 4.79 Å². The Hall–Kier alpha value is -1.56. The third kappa shape index (κ3) is 4.00. The maximum absolute atomic E-state index is 12.1. The van der Waals surface area contributed by atoms with Gasteiger partial charge in [-0.05, 0) is 37.6 Å². The summed E-state index contributed by atoms with van der Waals surface area (Å²) in [6, 6.07) is 9.43. The minimum atomic E-state index is -0.00169. The first-order valence-corrected chi connectivity index (χ1v) is 7.43. The van der Waals surface area contributed by atoms with Gasteiger partial charge in [-0.2, -0.15) is 5.10 Å². The fourth-order valence-corrected chi connectivity index (χ4v) is 2.74. The third-order valence-corrected chi connectivity index (χ3v) is 3.79. The van der Waals surface area contributed by atoms with Crippen LogP contribution in [0.3, 0.4) is 0 Å². The first kappa shape index (κ1) is 16.8. The zero-order valence-corrected chi connectivity index (χ0v) is 13.5. The van der Waals surface area contributed by atoms with Crippen LogP contribution in [0.15, 0.2) is 36.5 Å². The lowest BCUT2D eigenvalue weighted by atomic mass is 10.1. The van der Waals surface area contributed by atoms with E-state index in [4.69, 9.17) is 11.6 Å². The Morgan fingerprint density at radius 1 is 1.45 bits per heavy atom. The molecule has 2 heterocycles. The number of anilines is 1. The van der Waals surface area contributed by atoms with Gasteiger partial charge in [0, 0.05) is 23.6 Å². The van der Waals surface area contributed by atoms with Crippen LogP contribution in [-0.2, 0) is 4.79 Å². The van der Waals surface area contributed by atoms with E-state index in [2.05, 4.69) is 15.7 Å². The van der Waals surface area contributed by atoms with Gasteiger partial charge in [0.05, 0.1) is 11.9 Å². The topological polar surface area (TPSA) is 59.0 Å². The number of hydrogen-bond acceptors (Lipinski definition) is 3. The number of carbonyl (C=O) groups excluding carboxylic acids is 1. The normalized spacial score (nSPS) is 17.0. The molecule has 3 rings (SSSR count). The largest absolute Gasteiger partial charge is 0.313 e. The Labute approximate surface area is 140 Å². The quantitative estimate of drug-likeness (QED) is 0.899. The molecule has 2 N–H and O–H groups in total. The van der Waals surface area contributed by atoms with Gasteiger partial charge >= 0.3 is 0 Å². The lowest BCUT2D eigenvalue weighted by Crippen LogP contribution is -2.28. The number of aromatic nitrogens is 2. The van der Waals surface area contributed by atoms with Gasteiger partial charge in [0.25, 0.3) is 0 Å². The van der Waals surface area contributed by atoms with Crippen molar-refractivity contribution in [2.75, 3.05) is 11.9 Å². The van der Waals surface area contributed by atoms with E-state index in [0.29, 0.717) is 17.3 Å². The van der Waals surface area contributed by atoms with Crippen molar-refractivity contribution in [2.24, 2.45) is 0 Å². The highest BCUT2D eigenvalue weighted by Gasteiger charge is 2.18. The van der Waals surface area contributed by atoms with Gasteiger partial charge in [-0.1, -0.05) is 17.7 Å². The maximum atomic E-state index is 12.1. The highest BCUT2D eigenvalue weighted by molar-refractivity contribution is 6.30. The van der Waals surface area contributed by atoms with E-state index in [0.717, 1.165) is 25.1 Å². The summed E-state index contributed by atoms with van der Waals surface area (Å²) in [7, 11) is 0. The van der Waals surface area contributed by atoms with Crippen molar-refractivity contribution in [3.63, 3.8) is 0 Å². The number of nitrogens with one attached hydrogen (secondary N) is 2. The molecule has 1 fully saturated rings. The zero-order chi connectivity index (χ0) is 14.7. The molecule has 118 valence electrons. The van der Waals surface area contributed by atoms with E-state index >= 15 is 0 Å². The van der Waals surface area contributed by atoms with Crippen LogP contribution in [0.25, 0.3) is 5.69 Å². The second-order valence-corrected chi connectivity index (χ2v) is 5.59. The van der Waals surface area contributed by atoms with Crippen molar-refractivity contribution in [2.45, 2.75) is 25.3 Å². The molecule has 22 heavy (non-hydrogen) atoms. The number of halogens is 2. The van der Waals surface area contributed by atoms with Gasteiger partial charge in [-0.25, -0.2) is 4.68 Å². The zero-order valence-electron chi connectivity index (χ0n) is 12.0.